The Bertz CT molecular complexity index is 749. The molecule has 0 aromatic heterocycles. The van der Waals surface area contributed by atoms with Crippen molar-refractivity contribution < 1.29 is 14.3 Å². The zero-order chi connectivity index (χ0) is 17.7. The third-order valence-electron chi connectivity index (χ3n) is 3.47. The molecule has 2 rings (SSSR count). The molecule has 0 heterocycles. The van der Waals surface area contributed by atoms with Crippen LogP contribution in [0.15, 0.2) is 39.7 Å². The van der Waals surface area contributed by atoms with E-state index in [4.69, 9.17) is 21.1 Å². The summed E-state index contributed by atoms with van der Waals surface area (Å²) in [4.78, 5) is 12.3. The molecule has 6 heteroatoms. The predicted molar refractivity (Wildman–Crippen MR) is 102 cm³/mol. The molecule has 0 unspecified atom stereocenters. The maximum Gasteiger partial charge on any atom is 0.310 e. The average molecular weight is 430 g/mol. The molecule has 128 valence electrons. The molecule has 0 fully saturated rings. The second-order valence-electron chi connectivity index (χ2n) is 5.10. The van der Waals surface area contributed by atoms with Crippen LogP contribution >= 0.6 is 40.2 Å². The summed E-state index contributed by atoms with van der Waals surface area (Å²) in [6, 6.07) is 9.07. The Morgan fingerprint density at radius 1 is 1.25 bits per heavy atom. The van der Waals surface area contributed by atoms with Gasteiger partial charge in [0.2, 0.25) is 0 Å². The van der Waals surface area contributed by atoms with E-state index in [1.807, 2.05) is 19.1 Å². The van der Waals surface area contributed by atoms with Crippen LogP contribution in [0.5, 0.6) is 11.5 Å². The highest BCUT2D eigenvalue weighted by Crippen LogP contribution is 2.34. The molecule has 2 aromatic carbocycles. The van der Waals surface area contributed by atoms with Crippen molar-refractivity contribution in [3.05, 3.63) is 51.0 Å². The lowest BCUT2D eigenvalue weighted by Crippen LogP contribution is -2.09. The SMILES string of the molecule is CCC(=O)Oc1cccc(S)c1COc1cc(Cl)c(CC)cc1Br. The van der Waals surface area contributed by atoms with Gasteiger partial charge in [-0.05, 0) is 46.1 Å². The molecule has 0 spiro atoms. The average Bonchev–Trinajstić information content (AvgIpc) is 2.56. The van der Waals surface area contributed by atoms with Gasteiger partial charge in [0.15, 0.2) is 0 Å². The fourth-order valence-electron chi connectivity index (χ4n) is 2.09. The van der Waals surface area contributed by atoms with E-state index in [9.17, 15) is 4.79 Å². The monoisotopic (exact) mass is 428 g/mol. The van der Waals surface area contributed by atoms with E-state index in [-0.39, 0.29) is 12.6 Å². The summed E-state index contributed by atoms with van der Waals surface area (Å²) in [5, 5.41) is 0.660. The van der Waals surface area contributed by atoms with Crippen molar-refractivity contribution in [2.24, 2.45) is 0 Å². The van der Waals surface area contributed by atoms with Crippen molar-refractivity contribution in [1.82, 2.24) is 0 Å². The number of esters is 1. The Morgan fingerprint density at radius 3 is 2.67 bits per heavy atom. The zero-order valence-electron chi connectivity index (χ0n) is 13.4. The minimum Gasteiger partial charge on any atom is -0.487 e. The minimum atomic E-state index is -0.299. The van der Waals surface area contributed by atoms with Gasteiger partial charge >= 0.3 is 5.97 Å². The molecule has 0 aliphatic carbocycles. The van der Waals surface area contributed by atoms with Crippen molar-refractivity contribution in [3.63, 3.8) is 0 Å². The number of carbonyl (C=O) groups excluding carboxylic acids is 1. The standard InChI is InChI=1S/C18H18BrClO3S/c1-3-11-8-13(19)16(9-14(11)20)22-10-12-15(23-18(21)4-2)6-5-7-17(12)24/h5-9,24H,3-4,10H2,1-2H3. The van der Waals surface area contributed by atoms with Gasteiger partial charge in [-0.1, -0.05) is 31.5 Å². The number of thiol groups is 1. The fourth-order valence-corrected chi connectivity index (χ4v) is 3.14. The highest BCUT2D eigenvalue weighted by Gasteiger charge is 2.13. The summed E-state index contributed by atoms with van der Waals surface area (Å²) in [5.74, 6) is 0.787. The molecule has 2 aromatic rings. The lowest BCUT2D eigenvalue weighted by atomic mass is 10.1. The Labute approximate surface area is 160 Å². The van der Waals surface area contributed by atoms with E-state index >= 15 is 0 Å². The van der Waals surface area contributed by atoms with Gasteiger partial charge in [0.1, 0.15) is 18.1 Å². The molecule has 0 aliphatic rings. The zero-order valence-corrected chi connectivity index (χ0v) is 16.7. The van der Waals surface area contributed by atoms with Crippen LogP contribution in [0.4, 0.5) is 0 Å². The molecule has 0 saturated carbocycles. The minimum absolute atomic E-state index is 0.215. The summed E-state index contributed by atoms with van der Waals surface area (Å²) in [7, 11) is 0. The van der Waals surface area contributed by atoms with E-state index in [0.29, 0.717) is 33.4 Å². The molecule has 0 aliphatic heterocycles. The summed E-state index contributed by atoms with van der Waals surface area (Å²) >= 11 is 14.2. The molecule has 0 N–H and O–H groups in total. The Hall–Kier alpha value is -1.17. The Kier molecular flexibility index (Phi) is 7.02. The maximum atomic E-state index is 11.6. The largest absolute Gasteiger partial charge is 0.487 e. The molecule has 0 amide bonds. The van der Waals surface area contributed by atoms with Gasteiger partial charge < -0.3 is 9.47 Å². The second-order valence-corrected chi connectivity index (χ2v) is 6.84. The topological polar surface area (TPSA) is 35.5 Å². The summed E-state index contributed by atoms with van der Waals surface area (Å²) in [6.45, 7) is 4.00. The van der Waals surface area contributed by atoms with Crippen molar-refractivity contribution in [2.45, 2.75) is 38.2 Å². The molecule has 3 nitrogen and oxygen atoms in total. The van der Waals surface area contributed by atoms with E-state index in [1.54, 1.807) is 25.1 Å². The third-order valence-corrected chi connectivity index (χ3v) is 4.87. The first-order valence-electron chi connectivity index (χ1n) is 7.58. The van der Waals surface area contributed by atoms with E-state index in [2.05, 4.69) is 28.6 Å². The van der Waals surface area contributed by atoms with E-state index in [0.717, 1.165) is 16.5 Å². The second kappa shape index (κ2) is 8.79. The number of hydrogen-bond donors (Lipinski definition) is 1. The number of rotatable bonds is 6. The first-order valence-corrected chi connectivity index (χ1v) is 9.20. The number of benzene rings is 2. The molecule has 0 radical (unpaired) electrons. The first kappa shape index (κ1) is 19.2. The van der Waals surface area contributed by atoms with Gasteiger partial charge in [-0.2, -0.15) is 0 Å². The van der Waals surface area contributed by atoms with Crippen LogP contribution in [0, 0.1) is 0 Å². The summed E-state index contributed by atoms with van der Waals surface area (Å²) in [5.41, 5.74) is 1.76. The third kappa shape index (κ3) is 4.68. The quantitative estimate of drug-likeness (QED) is 0.355. The molecule has 24 heavy (non-hydrogen) atoms. The van der Waals surface area contributed by atoms with Crippen LogP contribution in [0.25, 0.3) is 0 Å². The Balaban J connectivity index is 2.23. The molecule has 0 saturated heterocycles. The van der Waals surface area contributed by atoms with Gasteiger partial charge in [-0.3, -0.25) is 4.79 Å². The van der Waals surface area contributed by atoms with Crippen LogP contribution in [0.1, 0.15) is 31.4 Å². The number of carbonyl (C=O) groups is 1. The van der Waals surface area contributed by atoms with E-state index < -0.39 is 0 Å². The number of aryl methyl sites for hydroxylation is 1. The highest BCUT2D eigenvalue weighted by molar-refractivity contribution is 9.10. The van der Waals surface area contributed by atoms with Crippen LogP contribution in [0.2, 0.25) is 5.02 Å². The van der Waals surface area contributed by atoms with Crippen LogP contribution in [-0.2, 0) is 17.8 Å². The van der Waals surface area contributed by atoms with Crippen molar-refractivity contribution in [2.75, 3.05) is 0 Å². The van der Waals surface area contributed by atoms with Crippen molar-refractivity contribution in [3.8, 4) is 11.5 Å². The van der Waals surface area contributed by atoms with Crippen molar-refractivity contribution in [1.29, 1.82) is 0 Å². The number of hydrogen-bond acceptors (Lipinski definition) is 4. The molecule has 0 bridgehead atoms. The smallest absolute Gasteiger partial charge is 0.310 e. The van der Waals surface area contributed by atoms with Gasteiger partial charge in [-0.15, -0.1) is 12.6 Å². The van der Waals surface area contributed by atoms with Crippen molar-refractivity contribution >= 4 is 46.1 Å². The van der Waals surface area contributed by atoms with Gasteiger partial charge in [-0.25, -0.2) is 0 Å². The fraction of sp³-hybridized carbons (Fsp3) is 0.278. The maximum absolute atomic E-state index is 11.6. The van der Waals surface area contributed by atoms with Crippen LogP contribution in [-0.4, -0.2) is 5.97 Å². The van der Waals surface area contributed by atoms with Gasteiger partial charge in [0, 0.05) is 28.0 Å². The predicted octanol–water partition coefficient (Wildman–Crippen LogP) is 5.85. The molecular formula is C18H18BrClO3S. The molecular weight excluding hydrogens is 412 g/mol. The summed E-state index contributed by atoms with van der Waals surface area (Å²) < 4.78 is 12.0. The van der Waals surface area contributed by atoms with Crippen LogP contribution in [0.3, 0.4) is 0 Å². The normalized spacial score (nSPS) is 10.5. The summed E-state index contributed by atoms with van der Waals surface area (Å²) in [6.07, 6.45) is 1.14. The van der Waals surface area contributed by atoms with E-state index in [1.165, 1.54) is 0 Å². The Morgan fingerprint density at radius 2 is 2.00 bits per heavy atom. The lowest BCUT2D eigenvalue weighted by Gasteiger charge is -2.15. The lowest BCUT2D eigenvalue weighted by molar-refractivity contribution is -0.134. The highest BCUT2D eigenvalue weighted by atomic mass is 79.9. The molecule has 0 atom stereocenters. The van der Waals surface area contributed by atoms with Gasteiger partial charge in [0.25, 0.3) is 0 Å². The van der Waals surface area contributed by atoms with Gasteiger partial charge in [0.05, 0.1) is 4.47 Å². The first-order chi connectivity index (χ1) is 11.5. The number of ether oxygens (including phenoxy) is 2. The number of halogens is 2. The van der Waals surface area contributed by atoms with Crippen LogP contribution < -0.4 is 9.47 Å².